The second kappa shape index (κ2) is 4.23. The van der Waals surface area contributed by atoms with E-state index in [2.05, 4.69) is 10.1 Å². The molecule has 0 amide bonds. The van der Waals surface area contributed by atoms with Crippen LogP contribution >= 0.6 is 11.3 Å². The molecular weight excluding hydrogens is 255 g/mol. The highest BCUT2D eigenvalue weighted by Gasteiger charge is 2.14. The van der Waals surface area contributed by atoms with Crippen molar-refractivity contribution in [1.29, 1.82) is 0 Å². The second-order valence-electron chi connectivity index (χ2n) is 3.56. The van der Waals surface area contributed by atoms with E-state index in [4.69, 9.17) is 4.52 Å². The third-order valence-corrected chi connectivity index (χ3v) is 3.26. The molecule has 6 heteroatoms. The lowest BCUT2D eigenvalue weighted by molar-refractivity contribution is 0.427. The third-order valence-electron chi connectivity index (χ3n) is 2.37. The number of nitrogens with zero attached hydrogens (tertiary/aromatic N) is 2. The van der Waals surface area contributed by atoms with E-state index in [9.17, 15) is 9.50 Å². The summed E-state index contributed by atoms with van der Waals surface area (Å²) in [5.74, 6) is 0.396. The molecule has 2 aromatic heterocycles. The summed E-state index contributed by atoms with van der Waals surface area (Å²) in [6.07, 6.45) is 0. The molecule has 1 aromatic carbocycles. The van der Waals surface area contributed by atoms with Gasteiger partial charge in [0.1, 0.15) is 16.4 Å². The lowest BCUT2D eigenvalue weighted by atomic mass is 10.2. The van der Waals surface area contributed by atoms with Crippen molar-refractivity contribution in [1.82, 2.24) is 10.1 Å². The van der Waals surface area contributed by atoms with Gasteiger partial charge in [-0.2, -0.15) is 4.98 Å². The van der Waals surface area contributed by atoms with E-state index in [0.717, 1.165) is 0 Å². The second-order valence-corrected chi connectivity index (χ2v) is 4.48. The Morgan fingerprint density at radius 3 is 2.61 bits per heavy atom. The molecule has 1 N–H and O–H groups in total. The van der Waals surface area contributed by atoms with Crippen LogP contribution in [-0.2, 0) is 0 Å². The number of aromatic hydroxyl groups is 1. The van der Waals surface area contributed by atoms with Crippen molar-refractivity contribution >= 4 is 11.3 Å². The van der Waals surface area contributed by atoms with Crippen molar-refractivity contribution in [2.24, 2.45) is 0 Å². The monoisotopic (exact) mass is 262 g/mol. The van der Waals surface area contributed by atoms with Crippen LogP contribution in [0, 0.1) is 5.82 Å². The van der Waals surface area contributed by atoms with Crippen LogP contribution in [0.25, 0.3) is 22.2 Å². The van der Waals surface area contributed by atoms with Gasteiger partial charge >= 0.3 is 0 Å². The van der Waals surface area contributed by atoms with Gasteiger partial charge in [-0.05, 0) is 35.7 Å². The minimum Gasteiger partial charge on any atom is -0.506 e. The molecule has 0 unspecified atom stereocenters. The number of hydrogen-bond acceptors (Lipinski definition) is 5. The molecule has 0 aliphatic carbocycles. The number of benzene rings is 1. The van der Waals surface area contributed by atoms with Gasteiger partial charge in [0.25, 0.3) is 5.89 Å². The molecule has 3 aromatic rings. The number of thiophene rings is 1. The minimum atomic E-state index is -0.321. The van der Waals surface area contributed by atoms with Crippen LogP contribution in [0.1, 0.15) is 0 Å². The average Bonchev–Trinajstić information content (AvgIpc) is 2.98. The Labute approximate surface area is 105 Å². The predicted octanol–water partition coefficient (Wildman–Crippen LogP) is 3.31. The third kappa shape index (κ3) is 1.86. The molecule has 0 aliphatic heterocycles. The van der Waals surface area contributed by atoms with E-state index >= 15 is 0 Å². The van der Waals surface area contributed by atoms with Gasteiger partial charge in [0.05, 0.1) is 0 Å². The van der Waals surface area contributed by atoms with E-state index < -0.39 is 0 Å². The summed E-state index contributed by atoms with van der Waals surface area (Å²) in [4.78, 5) is 4.69. The van der Waals surface area contributed by atoms with Crippen molar-refractivity contribution < 1.29 is 14.0 Å². The van der Waals surface area contributed by atoms with Gasteiger partial charge in [-0.15, -0.1) is 11.3 Å². The van der Waals surface area contributed by atoms with E-state index in [-0.39, 0.29) is 17.5 Å². The molecule has 90 valence electrons. The highest BCUT2D eigenvalue weighted by molar-refractivity contribution is 7.13. The Hall–Kier alpha value is -2.21. The zero-order chi connectivity index (χ0) is 12.5. The van der Waals surface area contributed by atoms with Crippen molar-refractivity contribution in [2.45, 2.75) is 0 Å². The van der Waals surface area contributed by atoms with Crippen molar-refractivity contribution in [3.05, 3.63) is 41.5 Å². The Morgan fingerprint density at radius 1 is 1.17 bits per heavy atom. The maximum absolute atomic E-state index is 12.8. The number of rotatable bonds is 2. The molecule has 0 spiro atoms. The van der Waals surface area contributed by atoms with Gasteiger partial charge in [-0.1, -0.05) is 5.16 Å². The van der Waals surface area contributed by atoms with Crippen LogP contribution in [-0.4, -0.2) is 15.2 Å². The first-order chi connectivity index (χ1) is 8.74. The van der Waals surface area contributed by atoms with Crippen molar-refractivity contribution in [3.63, 3.8) is 0 Å². The van der Waals surface area contributed by atoms with Crippen molar-refractivity contribution in [2.75, 3.05) is 0 Å². The van der Waals surface area contributed by atoms with Crippen LogP contribution < -0.4 is 0 Å². The number of hydrogen-bond donors (Lipinski definition) is 1. The molecule has 0 fully saturated rings. The standard InChI is InChI=1S/C12H7FN2O2S/c13-8-3-1-7(2-4-8)11-14-12(17-15-11)10-9(16)5-6-18-10/h1-6,16H. The van der Waals surface area contributed by atoms with Gasteiger partial charge in [0, 0.05) is 5.56 Å². The summed E-state index contributed by atoms with van der Waals surface area (Å²) in [5.41, 5.74) is 0.655. The molecule has 4 nitrogen and oxygen atoms in total. The summed E-state index contributed by atoms with van der Waals surface area (Å²) in [5, 5.41) is 15.1. The van der Waals surface area contributed by atoms with Crippen LogP contribution in [0.5, 0.6) is 5.75 Å². The molecule has 0 saturated carbocycles. The lowest BCUT2D eigenvalue weighted by Gasteiger charge is -1.92. The van der Waals surface area contributed by atoms with E-state index in [1.165, 1.54) is 23.5 Å². The lowest BCUT2D eigenvalue weighted by Crippen LogP contribution is -1.81. The largest absolute Gasteiger partial charge is 0.506 e. The molecule has 0 saturated heterocycles. The van der Waals surface area contributed by atoms with E-state index in [0.29, 0.717) is 16.3 Å². The smallest absolute Gasteiger partial charge is 0.272 e. The Bertz CT molecular complexity index is 675. The summed E-state index contributed by atoms with van der Waals surface area (Å²) in [6, 6.07) is 7.35. The molecule has 3 rings (SSSR count). The first-order valence-electron chi connectivity index (χ1n) is 5.10. The summed E-state index contributed by atoms with van der Waals surface area (Å²) < 4.78 is 17.9. The molecule has 0 radical (unpaired) electrons. The fraction of sp³-hybridized carbons (Fsp3) is 0. The Kier molecular flexibility index (Phi) is 2.56. The highest BCUT2D eigenvalue weighted by atomic mass is 32.1. The summed E-state index contributed by atoms with van der Waals surface area (Å²) in [7, 11) is 0. The fourth-order valence-electron chi connectivity index (χ4n) is 1.49. The maximum atomic E-state index is 12.8. The van der Waals surface area contributed by atoms with E-state index in [1.54, 1.807) is 23.6 Å². The topological polar surface area (TPSA) is 59.2 Å². The van der Waals surface area contributed by atoms with Crippen LogP contribution in [0.15, 0.2) is 40.2 Å². The SMILES string of the molecule is Oc1ccsc1-c1nc(-c2ccc(F)cc2)no1. The average molecular weight is 262 g/mol. The fourth-order valence-corrected chi connectivity index (χ4v) is 2.20. The molecule has 0 atom stereocenters. The first kappa shape index (κ1) is 10.9. The number of halogens is 1. The quantitative estimate of drug-likeness (QED) is 0.769. The molecule has 0 aliphatic rings. The van der Waals surface area contributed by atoms with Gasteiger partial charge in [-0.25, -0.2) is 4.39 Å². The summed E-state index contributed by atoms with van der Waals surface area (Å²) in [6.45, 7) is 0. The van der Waals surface area contributed by atoms with Crippen molar-refractivity contribution in [3.8, 4) is 27.9 Å². The van der Waals surface area contributed by atoms with Gasteiger partial charge in [0.2, 0.25) is 5.82 Å². The maximum Gasteiger partial charge on any atom is 0.272 e. The normalized spacial score (nSPS) is 10.7. The van der Waals surface area contributed by atoms with Gasteiger partial charge in [-0.3, -0.25) is 0 Å². The highest BCUT2D eigenvalue weighted by Crippen LogP contribution is 2.34. The molecule has 2 heterocycles. The van der Waals surface area contributed by atoms with Gasteiger partial charge in [0.15, 0.2) is 0 Å². The van der Waals surface area contributed by atoms with Gasteiger partial charge < -0.3 is 9.63 Å². The minimum absolute atomic E-state index is 0.106. The van der Waals surface area contributed by atoms with Crippen LogP contribution in [0.3, 0.4) is 0 Å². The molecule has 0 bridgehead atoms. The Morgan fingerprint density at radius 2 is 1.94 bits per heavy atom. The first-order valence-corrected chi connectivity index (χ1v) is 5.98. The molecule has 18 heavy (non-hydrogen) atoms. The van der Waals surface area contributed by atoms with E-state index in [1.807, 2.05) is 0 Å². The molecular formula is C12H7FN2O2S. The predicted molar refractivity (Wildman–Crippen MR) is 64.7 cm³/mol. The number of aromatic nitrogens is 2. The van der Waals surface area contributed by atoms with Crippen LogP contribution in [0.2, 0.25) is 0 Å². The Balaban J connectivity index is 1.99. The van der Waals surface area contributed by atoms with Crippen LogP contribution in [0.4, 0.5) is 4.39 Å². The zero-order valence-electron chi connectivity index (χ0n) is 9.00. The zero-order valence-corrected chi connectivity index (χ0v) is 9.82. The summed E-state index contributed by atoms with van der Waals surface area (Å²) >= 11 is 1.31.